The van der Waals surface area contributed by atoms with Crippen molar-refractivity contribution in [3.8, 4) is 11.5 Å². The van der Waals surface area contributed by atoms with Crippen LogP contribution in [0.1, 0.15) is 29.3 Å². The largest absolute Gasteiger partial charge is 0.449 e. The Morgan fingerprint density at radius 1 is 1.22 bits per heavy atom. The maximum Gasteiger partial charge on any atom is 0.340 e. The van der Waals surface area contributed by atoms with E-state index in [-0.39, 0.29) is 5.89 Å². The molecule has 2 aromatic heterocycles. The van der Waals surface area contributed by atoms with Crippen molar-refractivity contribution >= 4 is 21.9 Å². The topological polar surface area (TPSA) is 78.1 Å². The molecule has 0 bridgehead atoms. The van der Waals surface area contributed by atoms with Crippen LogP contribution in [0.15, 0.2) is 57.7 Å². The van der Waals surface area contributed by atoms with Crippen molar-refractivity contribution in [2.24, 2.45) is 0 Å². The Labute approximate surface area is 140 Å². The molecule has 3 aromatic rings. The number of hydrogen-bond donors (Lipinski definition) is 0. The SMILES string of the molecule is CC(OC(=O)c1cncc(Br)c1)c1nnc(-c2ccccc2)o1. The van der Waals surface area contributed by atoms with E-state index in [0.29, 0.717) is 15.9 Å². The number of nitrogens with zero attached hydrogens (tertiary/aromatic N) is 3. The second kappa shape index (κ2) is 6.70. The Hall–Kier alpha value is -2.54. The molecule has 0 radical (unpaired) electrons. The summed E-state index contributed by atoms with van der Waals surface area (Å²) in [5, 5.41) is 7.91. The predicted molar refractivity (Wildman–Crippen MR) is 85.5 cm³/mol. The molecule has 116 valence electrons. The van der Waals surface area contributed by atoms with Crippen LogP contribution in [0.3, 0.4) is 0 Å². The van der Waals surface area contributed by atoms with Crippen LogP contribution in [0.5, 0.6) is 0 Å². The normalized spacial score (nSPS) is 11.9. The molecule has 0 fully saturated rings. The summed E-state index contributed by atoms with van der Waals surface area (Å²) in [6.45, 7) is 1.67. The van der Waals surface area contributed by atoms with Gasteiger partial charge in [0.05, 0.1) is 5.56 Å². The highest BCUT2D eigenvalue weighted by Crippen LogP contribution is 2.23. The third-order valence-electron chi connectivity index (χ3n) is 3.03. The number of halogens is 1. The highest BCUT2D eigenvalue weighted by Gasteiger charge is 2.20. The van der Waals surface area contributed by atoms with Gasteiger partial charge >= 0.3 is 5.97 Å². The maximum absolute atomic E-state index is 12.1. The number of pyridine rings is 1. The Morgan fingerprint density at radius 2 is 2.00 bits per heavy atom. The molecule has 1 atom stereocenters. The van der Waals surface area contributed by atoms with Crippen LogP contribution in [0, 0.1) is 0 Å². The summed E-state index contributed by atoms with van der Waals surface area (Å²) in [6.07, 6.45) is 2.36. The van der Waals surface area contributed by atoms with E-state index in [2.05, 4.69) is 31.1 Å². The third kappa shape index (κ3) is 3.62. The van der Waals surface area contributed by atoms with Crippen LogP contribution < -0.4 is 0 Å². The Bertz CT molecular complexity index is 820. The monoisotopic (exact) mass is 373 g/mol. The Kier molecular flexibility index (Phi) is 4.47. The minimum atomic E-state index is -0.661. The number of ether oxygens (including phenoxy) is 1. The zero-order valence-corrected chi connectivity index (χ0v) is 13.7. The van der Waals surface area contributed by atoms with Crippen LogP contribution in [0.25, 0.3) is 11.5 Å². The fourth-order valence-corrected chi connectivity index (χ4v) is 2.26. The van der Waals surface area contributed by atoms with Crippen LogP contribution >= 0.6 is 15.9 Å². The van der Waals surface area contributed by atoms with E-state index in [1.165, 1.54) is 6.20 Å². The number of carbonyl (C=O) groups is 1. The lowest BCUT2D eigenvalue weighted by Crippen LogP contribution is -2.10. The number of aromatic nitrogens is 3. The van der Waals surface area contributed by atoms with E-state index in [1.807, 2.05) is 30.3 Å². The van der Waals surface area contributed by atoms with Gasteiger partial charge < -0.3 is 9.15 Å². The lowest BCUT2D eigenvalue weighted by atomic mass is 10.2. The summed E-state index contributed by atoms with van der Waals surface area (Å²) in [5.41, 5.74) is 1.15. The zero-order valence-electron chi connectivity index (χ0n) is 12.1. The van der Waals surface area contributed by atoms with Crippen LogP contribution in [-0.2, 0) is 4.74 Å². The van der Waals surface area contributed by atoms with Crippen LogP contribution in [0.2, 0.25) is 0 Å². The molecule has 0 N–H and O–H groups in total. The molecule has 0 saturated carbocycles. The fourth-order valence-electron chi connectivity index (χ4n) is 1.90. The Balaban J connectivity index is 1.73. The van der Waals surface area contributed by atoms with E-state index in [1.54, 1.807) is 19.2 Å². The quantitative estimate of drug-likeness (QED) is 0.647. The summed E-state index contributed by atoms with van der Waals surface area (Å²) in [5.74, 6) is 0.110. The highest BCUT2D eigenvalue weighted by molar-refractivity contribution is 9.10. The first-order valence-electron chi connectivity index (χ1n) is 6.84. The minimum absolute atomic E-state index is 0.236. The number of carbonyl (C=O) groups excluding carboxylic acids is 1. The van der Waals surface area contributed by atoms with Crippen molar-refractivity contribution in [3.63, 3.8) is 0 Å². The van der Waals surface area contributed by atoms with Gasteiger partial charge in [-0.2, -0.15) is 0 Å². The predicted octanol–water partition coefficient (Wildman–Crippen LogP) is 3.81. The molecule has 1 unspecified atom stereocenters. The van der Waals surface area contributed by atoms with Gasteiger partial charge in [0.25, 0.3) is 5.89 Å². The summed E-state index contributed by atoms with van der Waals surface area (Å²) >= 11 is 3.26. The molecule has 23 heavy (non-hydrogen) atoms. The summed E-state index contributed by atoms with van der Waals surface area (Å²) < 4.78 is 11.6. The van der Waals surface area contributed by atoms with Crippen molar-refractivity contribution in [3.05, 3.63) is 64.7 Å². The highest BCUT2D eigenvalue weighted by atomic mass is 79.9. The van der Waals surface area contributed by atoms with E-state index in [9.17, 15) is 4.79 Å². The van der Waals surface area contributed by atoms with Gasteiger partial charge in [-0.25, -0.2) is 4.79 Å². The molecule has 0 aliphatic rings. The first-order valence-corrected chi connectivity index (χ1v) is 7.63. The molecule has 0 aliphatic carbocycles. The molecule has 7 heteroatoms. The molecule has 0 amide bonds. The van der Waals surface area contributed by atoms with Gasteiger partial charge in [0.2, 0.25) is 5.89 Å². The first-order chi connectivity index (χ1) is 11.1. The number of rotatable bonds is 4. The van der Waals surface area contributed by atoms with Crippen molar-refractivity contribution in [1.29, 1.82) is 0 Å². The van der Waals surface area contributed by atoms with Gasteiger partial charge in [0, 0.05) is 22.4 Å². The molecule has 3 rings (SSSR count). The molecule has 0 spiro atoms. The van der Waals surface area contributed by atoms with Crippen LogP contribution in [0.4, 0.5) is 0 Å². The van der Waals surface area contributed by atoms with E-state index < -0.39 is 12.1 Å². The standard InChI is InChI=1S/C16H12BrN3O3/c1-10(22-16(21)12-7-13(17)9-18-8-12)14-19-20-15(23-14)11-5-3-2-4-6-11/h2-10H,1H3. The number of benzene rings is 1. The second-order valence-electron chi connectivity index (χ2n) is 4.75. The number of esters is 1. The molecular weight excluding hydrogens is 362 g/mol. The average Bonchev–Trinajstić information content (AvgIpc) is 3.06. The Morgan fingerprint density at radius 3 is 2.74 bits per heavy atom. The average molecular weight is 374 g/mol. The minimum Gasteiger partial charge on any atom is -0.449 e. The van der Waals surface area contributed by atoms with Gasteiger partial charge in [0.15, 0.2) is 6.10 Å². The van der Waals surface area contributed by atoms with Crippen molar-refractivity contribution < 1.29 is 13.9 Å². The van der Waals surface area contributed by atoms with Crippen LogP contribution in [-0.4, -0.2) is 21.2 Å². The van der Waals surface area contributed by atoms with Crippen molar-refractivity contribution in [2.75, 3.05) is 0 Å². The van der Waals surface area contributed by atoms with E-state index in [0.717, 1.165) is 5.56 Å². The van der Waals surface area contributed by atoms with Gasteiger partial charge in [0.1, 0.15) is 0 Å². The molecular formula is C16H12BrN3O3. The smallest absolute Gasteiger partial charge is 0.340 e. The number of hydrogen-bond acceptors (Lipinski definition) is 6. The summed E-state index contributed by atoms with van der Waals surface area (Å²) in [4.78, 5) is 16.0. The summed E-state index contributed by atoms with van der Waals surface area (Å²) in [7, 11) is 0. The molecule has 1 aromatic carbocycles. The molecule has 0 aliphatic heterocycles. The lowest BCUT2D eigenvalue weighted by molar-refractivity contribution is 0.0279. The van der Waals surface area contributed by atoms with Gasteiger partial charge in [-0.05, 0) is 41.1 Å². The first kappa shape index (κ1) is 15.4. The molecule has 0 saturated heterocycles. The van der Waals surface area contributed by atoms with Crippen molar-refractivity contribution in [1.82, 2.24) is 15.2 Å². The fraction of sp³-hybridized carbons (Fsp3) is 0.125. The zero-order chi connectivity index (χ0) is 16.2. The molecule has 2 heterocycles. The maximum atomic E-state index is 12.1. The van der Waals surface area contributed by atoms with Crippen molar-refractivity contribution in [2.45, 2.75) is 13.0 Å². The van der Waals surface area contributed by atoms with Gasteiger partial charge in [-0.15, -0.1) is 10.2 Å². The lowest BCUT2D eigenvalue weighted by Gasteiger charge is -2.09. The van der Waals surface area contributed by atoms with Gasteiger partial charge in [-0.3, -0.25) is 4.98 Å². The second-order valence-corrected chi connectivity index (χ2v) is 5.67. The van der Waals surface area contributed by atoms with Gasteiger partial charge in [-0.1, -0.05) is 18.2 Å². The third-order valence-corrected chi connectivity index (χ3v) is 3.47. The van der Waals surface area contributed by atoms with E-state index in [4.69, 9.17) is 9.15 Å². The molecule has 6 nitrogen and oxygen atoms in total. The summed E-state index contributed by atoms with van der Waals surface area (Å²) in [6, 6.07) is 11.0. The van der Waals surface area contributed by atoms with E-state index >= 15 is 0 Å².